The van der Waals surface area contributed by atoms with Gasteiger partial charge in [0.25, 0.3) is 0 Å². The lowest BCUT2D eigenvalue weighted by molar-refractivity contribution is -0.147. The summed E-state index contributed by atoms with van der Waals surface area (Å²) < 4.78 is 4.94. The zero-order valence-electron chi connectivity index (χ0n) is 9.41. The van der Waals surface area contributed by atoms with Crippen LogP contribution in [0.5, 0.6) is 0 Å². The molecule has 0 saturated carbocycles. The van der Waals surface area contributed by atoms with Gasteiger partial charge in [-0.25, -0.2) is 0 Å². The Kier molecular flexibility index (Phi) is 5.72. The van der Waals surface area contributed by atoms with E-state index in [0.29, 0.717) is 0 Å². The van der Waals surface area contributed by atoms with Gasteiger partial charge in [-0.2, -0.15) is 0 Å². The Balaban J connectivity index is 3.85. The molecule has 3 N–H and O–H groups in total. The molecule has 0 aromatic rings. The Labute approximate surface area is 86.0 Å². The molecule has 0 unspecified atom stereocenters. The molecule has 0 saturated heterocycles. The number of nitrogens with one attached hydrogen (secondary N) is 1. The minimum Gasteiger partial charge on any atom is -0.463 e. The Bertz CT molecular complexity index is 181. The molecular weight excluding hydrogens is 180 g/mol. The van der Waals surface area contributed by atoms with Crippen LogP contribution >= 0.6 is 0 Å². The molecule has 4 heteroatoms. The van der Waals surface area contributed by atoms with E-state index >= 15 is 0 Å². The van der Waals surface area contributed by atoms with Crippen LogP contribution in [-0.4, -0.2) is 24.7 Å². The lowest BCUT2D eigenvalue weighted by Crippen LogP contribution is -2.39. The SMILES string of the molecule is CC(C)[C@H]([NH])COC(=O)[C@@H](N)C(C)C. The normalized spacial score (nSPS) is 15.7. The molecule has 0 bridgehead atoms. The van der Waals surface area contributed by atoms with Crippen LogP contribution in [0.25, 0.3) is 0 Å². The summed E-state index contributed by atoms with van der Waals surface area (Å²) in [6.45, 7) is 7.72. The second-order valence-corrected chi connectivity index (χ2v) is 4.25. The van der Waals surface area contributed by atoms with Gasteiger partial charge in [0.1, 0.15) is 12.6 Å². The van der Waals surface area contributed by atoms with E-state index in [2.05, 4.69) is 0 Å². The molecule has 0 amide bonds. The number of rotatable bonds is 5. The first-order valence-electron chi connectivity index (χ1n) is 4.99. The monoisotopic (exact) mass is 201 g/mol. The molecule has 0 heterocycles. The van der Waals surface area contributed by atoms with Gasteiger partial charge in [-0.1, -0.05) is 27.7 Å². The molecule has 0 aliphatic carbocycles. The highest BCUT2D eigenvalue weighted by Gasteiger charge is 2.20. The van der Waals surface area contributed by atoms with E-state index in [4.69, 9.17) is 16.2 Å². The van der Waals surface area contributed by atoms with Crippen molar-refractivity contribution in [3.8, 4) is 0 Å². The van der Waals surface area contributed by atoms with Crippen molar-refractivity contribution in [2.45, 2.75) is 39.8 Å². The van der Waals surface area contributed by atoms with Crippen molar-refractivity contribution in [1.82, 2.24) is 5.73 Å². The fourth-order valence-electron chi connectivity index (χ4n) is 0.733. The van der Waals surface area contributed by atoms with Crippen LogP contribution in [0.3, 0.4) is 0 Å². The minimum atomic E-state index is -0.575. The lowest BCUT2D eigenvalue weighted by atomic mass is 10.1. The van der Waals surface area contributed by atoms with Gasteiger partial charge in [0.15, 0.2) is 0 Å². The first-order chi connectivity index (χ1) is 6.36. The summed E-state index contributed by atoms with van der Waals surface area (Å²) >= 11 is 0. The number of ether oxygens (including phenoxy) is 1. The Morgan fingerprint density at radius 3 is 2.14 bits per heavy atom. The molecule has 0 aliphatic rings. The van der Waals surface area contributed by atoms with Crippen LogP contribution in [0.2, 0.25) is 0 Å². The second-order valence-electron chi connectivity index (χ2n) is 4.25. The Morgan fingerprint density at radius 2 is 1.79 bits per heavy atom. The first kappa shape index (κ1) is 13.4. The summed E-state index contributed by atoms with van der Waals surface area (Å²) in [5.74, 6) is -0.137. The molecule has 14 heavy (non-hydrogen) atoms. The van der Waals surface area contributed by atoms with E-state index in [1.165, 1.54) is 0 Å². The Morgan fingerprint density at radius 1 is 1.29 bits per heavy atom. The van der Waals surface area contributed by atoms with Gasteiger partial charge in [-0.15, -0.1) is 0 Å². The average Bonchev–Trinajstić information content (AvgIpc) is 2.11. The number of hydrogen-bond acceptors (Lipinski definition) is 3. The molecular formula is C10H21N2O2. The summed E-state index contributed by atoms with van der Waals surface area (Å²) in [5, 5.41) is 0. The molecule has 4 nitrogen and oxygen atoms in total. The van der Waals surface area contributed by atoms with E-state index in [0.717, 1.165) is 0 Å². The van der Waals surface area contributed by atoms with Crippen molar-refractivity contribution < 1.29 is 9.53 Å². The van der Waals surface area contributed by atoms with Crippen molar-refractivity contribution in [3.63, 3.8) is 0 Å². The molecule has 0 spiro atoms. The molecule has 0 aliphatic heterocycles. The van der Waals surface area contributed by atoms with Gasteiger partial charge < -0.3 is 10.5 Å². The average molecular weight is 201 g/mol. The van der Waals surface area contributed by atoms with Gasteiger partial charge in [-0.05, 0) is 11.8 Å². The van der Waals surface area contributed by atoms with Crippen molar-refractivity contribution in [2.75, 3.05) is 6.61 Å². The molecule has 0 rings (SSSR count). The maximum atomic E-state index is 11.3. The summed E-state index contributed by atoms with van der Waals surface area (Å²) in [5.41, 5.74) is 13.1. The van der Waals surface area contributed by atoms with E-state index in [9.17, 15) is 4.79 Å². The molecule has 2 atom stereocenters. The predicted octanol–water partition coefficient (Wildman–Crippen LogP) is 0.820. The van der Waals surface area contributed by atoms with Crippen molar-refractivity contribution in [2.24, 2.45) is 17.6 Å². The van der Waals surface area contributed by atoms with E-state index in [-0.39, 0.29) is 24.5 Å². The van der Waals surface area contributed by atoms with Gasteiger partial charge in [0, 0.05) is 0 Å². The smallest absolute Gasteiger partial charge is 0.323 e. The number of nitrogens with two attached hydrogens (primary N) is 1. The van der Waals surface area contributed by atoms with Gasteiger partial charge in [-0.3, -0.25) is 10.5 Å². The first-order valence-corrected chi connectivity index (χ1v) is 4.99. The van der Waals surface area contributed by atoms with Gasteiger partial charge >= 0.3 is 5.97 Å². The second kappa shape index (κ2) is 5.98. The summed E-state index contributed by atoms with van der Waals surface area (Å²) in [6, 6.07) is -0.937. The predicted molar refractivity (Wildman–Crippen MR) is 55.5 cm³/mol. The highest BCUT2D eigenvalue weighted by atomic mass is 16.5. The highest BCUT2D eigenvalue weighted by molar-refractivity contribution is 5.75. The van der Waals surface area contributed by atoms with Crippen LogP contribution in [0.4, 0.5) is 0 Å². The summed E-state index contributed by atoms with van der Waals surface area (Å²) in [6.07, 6.45) is 0. The Hall–Kier alpha value is -0.610. The fourth-order valence-corrected chi connectivity index (χ4v) is 0.733. The van der Waals surface area contributed by atoms with Crippen LogP contribution in [0.1, 0.15) is 27.7 Å². The topological polar surface area (TPSA) is 76.1 Å². The number of carbonyl (C=O) groups is 1. The number of esters is 1. The molecule has 0 aromatic carbocycles. The third-order valence-electron chi connectivity index (χ3n) is 2.20. The quantitative estimate of drug-likeness (QED) is 0.669. The van der Waals surface area contributed by atoms with Crippen molar-refractivity contribution in [3.05, 3.63) is 0 Å². The van der Waals surface area contributed by atoms with Gasteiger partial charge in [0.05, 0.1) is 6.04 Å². The van der Waals surface area contributed by atoms with E-state index in [1.807, 2.05) is 27.7 Å². The largest absolute Gasteiger partial charge is 0.463 e. The number of carbonyl (C=O) groups excluding carboxylic acids is 1. The standard InChI is InChI=1S/C10H21N2O2/c1-6(2)8(11)5-14-10(13)9(12)7(3)4/h6-9,11H,5,12H2,1-4H3/t8-,9+/m1/s1. The van der Waals surface area contributed by atoms with Crippen LogP contribution in [0.15, 0.2) is 0 Å². The summed E-state index contributed by atoms with van der Waals surface area (Å²) in [7, 11) is 0. The summed E-state index contributed by atoms with van der Waals surface area (Å²) in [4.78, 5) is 11.3. The fraction of sp³-hybridized carbons (Fsp3) is 0.900. The zero-order chi connectivity index (χ0) is 11.3. The van der Waals surface area contributed by atoms with Crippen molar-refractivity contribution in [1.29, 1.82) is 0 Å². The molecule has 83 valence electrons. The lowest BCUT2D eigenvalue weighted by Gasteiger charge is -2.18. The molecule has 1 radical (unpaired) electrons. The van der Waals surface area contributed by atoms with Gasteiger partial charge in [0.2, 0.25) is 0 Å². The number of hydrogen-bond donors (Lipinski definition) is 1. The molecule has 0 fully saturated rings. The third kappa shape index (κ3) is 4.58. The van der Waals surface area contributed by atoms with E-state index < -0.39 is 12.0 Å². The molecule has 0 aromatic heterocycles. The highest BCUT2D eigenvalue weighted by Crippen LogP contribution is 2.04. The zero-order valence-corrected chi connectivity index (χ0v) is 9.41. The maximum Gasteiger partial charge on any atom is 0.323 e. The maximum absolute atomic E-state index is 11.3. The van der Waals surface area contributed by atoms with Crippen LogP contribution in [-0.2, 0) is 9.53 Å². The van der Waals surface area contributed by atoms with Crippen LogP contribution in [0, 0.1) is 11.8 Å². The minimum absolute atomic E-state index is 0.0748. The van der Waals surface area contributed by atoms with E-state index in [1.54, 1.807) is 0 Å². The van der Waals surface area contributed by atoms with Crippen molar-refractivity contribution >= 4 is 5.97 Å². The van der Waals surface area contributed by atoms with Crippen LogP contribution < -0.4 is 11.5 Å². The third-order valence-corrected chi connectivity index (χ3v) is 2.20.